The van der Waals surface area contributed by atoms with Gasteiger partial charge in [0.05, 0.1) is 25.7 Å². The monoisotopic (exact) mass is 409 g/mol. The number of rotatable bonds is 4. The summed E-state index contributed by atoms with van der Waals surface area (Å²) < 4.78 is 26.6. The van der Waals surface area contributed by atoms with Crippen molar-refractivity contribution < 1.29 is 13.2 Å². The zero-order valence-electron chi connectivity index (χ0n) is 14.3. The van der Waals surface area contributed by atoms with Gasteiger partial charge in [-0.2, -0.15) is 0 Å². The fourth-order valence-electron chi connectivity index (χ4n) is 2.30. The molecule has 136 valence electrons. The third-order valence-corrected chi connectivity index (χ3v) is 6.80. The van der Waals surface area contributed by atoms with E-state index in [1.807, 2.05) is 25.1 Å². The van der Waals surface area contributed by atoms with Gasteiger partial charge in [-0.1, -0.05) is 29.0 Å². The highest BCUT2D eigenvalue weighted by Gasteiger charge is 2.21. The number of halogens is 1. The molecule has 0 fully saturated rings. The predicted octanol–water partition coefficient (Wildman–Crippen LogP) is 3.76. The average Bonchev–Trinajstić information content (AvgIpc) is 2.95. The smallest absolute Gasteiger partial charge is 0.259 e. The van der Waals surface area contributed by atoms with Crippen molar-refractivity contribution in [2.75, 3.05) is 19.4 Å². The van der Waals surface area contributed by atoms with E-state index in [2.05, 4.69) is 10.3 Å². The molecule has 3 rings (SSSR count). The molecular formula is C17H16ClN3O3S2. The first-order valence-electron chi connectivity index (χ1n) is 7.59. The Labute approximate surface area is 160 Å². The summed E-state index contributed by atoms with van der Waals surface area (Å²) in [6.45, 7) is 1.98. The second-order valence-electron chi connectivity index (χ2n) is 5.87. The average molecular weight is 410 g/mol. The SMILES string of the molecule is Cc1ccc2nc(NC(=O)c3cc(S(=O)(=O)N(C)C)ccc3Cl)sc2c1. The number of carbonyl (C=O) groups excluding carboxylic acids is 1. The van der Waals surface area contributed by atoms with Crippen molar-refractivity contribution in [1.82, 2.24) is 9.29 Å². The number of sulfonamides is 1. The van der Waals surface area contributed by atoms with E-state index in [1.165, 1.54) is 43.6 Å². The molecule has 0 bridgehead atoms. The molecule has 0 aliphatic rings. The fourth-order valence-corrected chi connectivity index (χ4v) is 4.39. The Morgan fingerprint density at radius 1 is 1.19 bits per heavy atom. The number of aromatic nitrogens is 1. The van der Waals surface area contributed by atoms with Crippen LogP contribution >= 0.6 is 22.9 Å². The summed E-state index contributed by atoms with van der Waals surface area (Å²) in [4.78, 5) is 17.0. The highest BCUT2D eigenvalue weighted by molar-refractivity contribution is 7.89. The molecule has 0 saturated heterocycles. The van der Waals surface area contributed by atoms with Crippen molar-refractivity contribution in [3.05, 3.63) is 52.5 Å². The van der Waals surface area contributed by atoms with Gasteiger partial charge in [0.1, 0.15) is 0 Å². The summed E-state index contributed by atoms with van der Waals surface area (Å²) in [5, 5.41) is 3.28. The third kappa shape index (κ3) is 3.59. The van der Waals surface area contributed by atoms with Crippen molar-refractivity contribution >= 4 is 54.2 Å². The summed E-state index contributed by atoms with van der Waals surface area (Å²) in [5.74, 6) is -0.512. The van der Waals surface area contributed by atoms with Crippen LogP contribution in [0.5, 0.6) is 0 Å². The summed E-state index contributed by atoms with van der Waals surface area (Å²) in [5.41, 5.74) is 1.96. The molecule has 0 unspecified atom stereocenters. The Hall–Kier alpha value is -2.00. The van der Waals surface area contributed by atoms with Gasteiger partial charge in [-0.15, -0.1) is 0 Å². The van der Waals surface area contributed by atoms with Crippen LogP contribution in [-0.4, -0.2) is 37.7 Å². The lowest BCUT2D eigenvalue weighted by Crippen LogP contribution is -2.23. The number of carbonyl (C=O) groups is 1. The molecule has 0 aliphatic heterocycles. The first-order chi connectivity index (χ1) is 12.2. The van der Waals surface area contributed by atoms with Crippen LogP contribution in [-0.2, 0) is 10.0 Å². The summed E-state index contributed by atoms with van der Waals surface area (Å²) in [6, 6.07) is 9.85. The summed E-state index contributed by atoms with van der Waals surface area (Å²) >= 11 is 7.44. The maximum absolute atomic E-state index is 12.6. The second-order valence-corrected chi connectivity index (χ2v) is 9.46. The lowest BCUT2D eigenvalue weighted by Gasteiger charge is -2.13. The van der Waals surface area contributed by atoms with Crippen LogP contribution in [0.3, 0.4) is 0 Å². The van der Waals surface area contributed by atoms with E-state index < -0.39 is 15.9 Å². The fraction of sp³-hybridized carbons (Fsp3) is 0.176. The number of nitrogens with one attached hydrogen (secondary N) is 1. The van der Waals surface area contributed by atoms with Gasteiger partial charge in [0.15, 0.2) is 5.13 Å². The van der Waals surface area contributed by atoms with E-state index in [9.17, 15) is 13.2 Å². The lowest BCUT2D eigenvalue weighted by molar-refractivity contribution is 0.102. The largest absolute Gasteiger partial charge is 0.298 e. The molecule has 1 amide bonds. The number of nitrogens with zero attached hydrogens (tertiary/aromatic N) is 2. The highest BCUT2D eigenvalue weighted by Crippen LogP contribution is 2.28. The number of hydrogen-bond acceptors (Lipinski definition) is 5. The maximum Gasteiger partial charge on any atom is 0.259 e. The van der Waals surface area contributed by atoms with E-state index in [-0.39, 0.29) is 15.5 Å². The number of hydrogen-bond donors (Lipinski definition) is 1. The predicted molar refractivity (Wildman–Crippen MR) is 105 cm³/mol. The number of amides is 1. The molecule has 26 heavy (non-hydrogen) atoms. The topological polar surface area (TPSA) is 79.4 Å². The number of anilines is 1. The maximum atomic E-state index is 12.6. The molecule has 2 aromatic carbocycles. The van der Waals surface area contributed by atoms with Gasteiger partial charge in [0.25, 0.3) is 5.91 Å². The Morgan fingerprint density at radius 2 is 1.92 bits per heavy atom. The van der Waals surface area contributed by atoms with E-state index >= 15 is 0 Å². The van der Waals surface area contributed by atoms with Crippen molar-refractivity contribution in [3.8, 4) is 0 Å². The van der Waals surface area contributed by atoms with Gasteiger partial charge in [0.2, 0.25) is 10.0 Å². The minimum absolute atomic E-state index is 0.00280. The molecular weight excluding hydrogens is 394 g/mol. The van der Waals surface area contributed by atoms with Crippen LogP contribution in [0.2, 0.25) is 5.02 Å². The quantitative estimate of drug-likeness (QED) is 0.711. The normalized spacial score (nSPS) is 11.9. The van der Waals surface area contributed by atoms with E-state index in [1.54, 1.807) is 0 Å². The van der Waals surface area contributed by atoms with Gasteiger partial charge >= 0.3 is 0 Å². The van der Waals surface area contributed by atoms with Gasteiger partial charge in [-0.05, 0) is 42.8 Å². The van der Waals surface area contributed by atoms with Gasteiger partial charge in [-0.25, -0.2) is 17.7 Å². The summed E-state index contributed by atoms with van der Waals surface area (Å²) in [7, 11) is -0.819. The summed E-state index contributed by atoms with van der Waals surface area (Å²) in [6.07, 6.45) is 0. The molecule has 0 saturated carbocycles. The van der Waals surface area contributed by atoms with Crippen LogP contribution < -0.4 is 5.32 Å². The van der Waals surface area contributed by atoms with Crippen LogP contribution in [0.25, 0.3) is 10.2 Å². The van der Waals surface area contributed by atoms with E-state index in [0.29, 0.717) is 5.13 Å². The number of benzene rings is 2. The molecule has 1 aromatic heterocycles. The molecule has 0 aliphatic carbocycles. The molecule has 3 aromatic rings. The minimum Gasteiger partial charge on any atom is -0.298 e. The lowest BCUT2D eigenvalue weighted by atomic mass is 10.2. The van der Waals surface area contributed by atoms with Crippen molar-refractivity contribution in [1.29, 1.82) is 0 Å². The molecule has 0 spiro atoms. The second kappa shape index (κ2) is 6.96. The Morgan fingerprint density at radius 3 is 2.62 bits per heavy atom. The van der Waals surface area contributed by atoms with Gasteiger partial charge in [0, 0.05) is 14.1 Å². The molecule has 0 radical (unpaired) electrons. The molecule has 1 heterocycles. The van der Waals surface area contributed by atoms with Gasteiger partial charge < -0.3 is 0 Å². The van der Waals surface area contributed by atoms with E-state index in [0.717, 1.165) is 20.1 Å². The van der Waals surface area contributed by atoms with Crippen molar-refractivity contribution in [2.24, 2.45) is 0 Å². The third-order valence-electron chi connectivity index (χ3n) is 3.73. The Kier molecular flexibility index (Phi) is 5.03. The minimum atomic E-state index is -3.67. The Bertz CT molecular complexity index is 1110. The van der Waals surface area contributed by atoms with Crippen LogP contribution in [0, 0.1) is 6.92 Å². The van der Waals surface area contributed by atoms with E-state index in [4.69, 9.17) is 11.6 Å². The van der Waals surface area contributed by atoms with Crippen LogP contribution in [0.4, 0.5) is 5.13 Å². The standard InChI is InChI=1S/C17H16ClN3O3S2/c1-10-4-7-14-15(8-10)25-17(19-14)20-16(22)12-9-11(5-6-13(12)18)26(23,24)21(2)3/h4-9H,1-3H3,(H,19,20,22). The highest BCUT2D eigenvalue weighted by atomic mass is 35.5. The molecule has 9 heteroatoms. The zero-order valence-corrected chi connectivity index (χ0v) is 16.7. The number of fused-ring (bicyclic) bond motifs is 1. The van der Waals surface area contributed by atoms with Crippen LogP contribution in [0.15, 0.2) is 41.3 Å². The first kappa shape index (κ1) is 18.8. The molecule has 1 N–H and O–H groups in total. The molecule has 0 atom stereocenters. The van der Waals surface area contributed by atoms with Gasteiger partial charge in [-0.3, -0.25) is 10.1 Å². The number of aryl methyl sites for hydroxylation is 1. The molecule has 6 nitrogen and oxygen atoms in total. The first-order valence-corrected chi connectivity index (χ1v) is 10.2. The van der Waals surface area contributed by atoms with Crippen LogP contribution in [0.1, 0.15) is 15.9 Å². The Balaban J connectivity index is 1.94. The van der Waals surface area contributed by atoms with Crippen molar-refractivity contribution in [2.45, 2.75) is 11.8 Å². The zero-order chi connectivity index (χ0) is 19.1. The number of thiazole rings is 1. The van der Waals surface area contributed by atoms with Crippen molar-refractivity contribution in [3.63, 3.8) is 0 Å².